The number of hydrogen-bond acceptors (Lipinski definition) is 6. The minimum absolute atomic E-state index is 0.138. The lowest BCUT2D eigenvalue weighted by molar-refractivity contribution is 0.0128. The van der Waals surface area contributed by atoms with Gasteiger partial charge in [0.15, 0.2) is 11.5 Å². The van der Waals surface area contributed by atoms with Gasteiger partial charge in [-0.2, -0.15) is 0 Å². The molecule has 6 nitrogen and oxygen atoms in total. The summed E-state index contributed by atoms with van der Waals surface area (Å²) in [7, 11) is 3.03. The van der Waals surface area contributed by atoms with Gasteiger partial charge in [0, 0.05) is 12.0 Å². The molecule has 6 heteroatoms. The molecule has 1 aliphatic rings. The molecule has 1 unspecified atom stereocenters. The van der Waals surface area contributed by atoms with Gasteiger partial charge in [-0.15, -0.1) is 0 Å². The van der Waals surface area contributed by atoms with Gasteiger partial charge in [0.05, 0.1) is 19.8 Å². The zero-order valence-electron chi connectivity index (χ0n) is 13.4. The van der Waals surface area contributed by atoms with Crippen LogP contribution in [0.4, 0.5) is 0 Å². The maximum Gasteiger partial charge on any atom is 0.338 e. The van der Waals surface area contributed by atoms with Crippen LogP contribution < -0.4 is 14.2 Å². The summed E-state index contributed by atoms with van der Waals surface area (Å²) in [6, 6.07) is 9.90. The summed E-state index contributed by atoms with van der Waals surface area (Å²) in [5, 5.41) is 9.90. The average molecular weight is 330 g/mol. The number of esters is 1. The first-order valence-electron chi connectivity index (χ1n) is 7.49. The molecule has 2 aromatic carbocycles. The van der Waals surface area contributed by atoms with E-state index in [1.807, 2.05) is 0 Å². The Morgan fingerprint density at radius 1 is 1.17 bits per heavy atom. The molecule has 0 bridgehead atoms. The molecule has 126 valence electrons. The monoisotopic (exact) mass is 330 g/mol. The molecule has 0 aromatic heterocycles. The van der Waals surface area contributed by atoms with Crippen molar-refractivity contribution in [2.24, 2.45) is 0 Å². The number of rotatable bonds is 4. The summed E-state index contributed by atoms with van der Waals surface area (Å²) < 4.78 is 21.4. The molecular weight excluding hydrogens is 312 g/mol. The molecule has 1 aliphatic heterocycles. The highest BCUT2D eigenvalue weighted by Crippen LogP contribution is 2.33. The summed E-state index contributed by atoms with van der Waals surface area (Å²) >= 11 is 0. The van der Waals surface area contributed by atoms with Crippen molar-refractivity contribution in [2.45, 2.75) is 12.5 Å². The maximum absolute atomic E-state index is 12.3. The van der Waals surface area contributed by atoms with E-state index in [2.05, 4.69) is 0 Å². The van der Waals surface area contributed by atoms with E-state index >= 15 is 0 Å². The van der Waals surface area contributed by atoms with E-state index in [0.717, 1.165) is 0 Å². The normalized spacial score (nSPS) is 15.8. The zero-order valence-corrected chi connectivity index (χ0v) is 13.4. The van der Waals surface area contributed by atoms with E-state index in [-0.39, 0.29) is 12.4 Å². The SMILES string of the molecule is COc1ccc(C(=O)OC2COc3cccc(O)c3C2)cc1OC. The number of hydrogen-bond donors (Lipinski definition) is 1. The lowest BCUT2D eigenvalue weighted by Crippen LogP contribution is -2.31. The quantitative estimate of drug-likeness (QED) is 0.869. The van der Waals surface area contributed by atoms with Gasteiger partial charge in [0.25, 0.3) is 0 Å². The van der Waals surface area contributed by atoms with Crippen LogP contribution in [0.3, 0.4) is 0 Å². The molecule has 1 heterocycles. The Labute approximate surface area is 139 Å². The van der Waals surface area contributed by atoms with Crippen LogP contribution in [-0.4, -0.2) is 38.0 Å². The second-order valence-corrected chi connectivity index (χ2v) is 5.37. The van der Waals surface area contributed by atoms with Crippen molar-refractivity contribution < 1.29 is 28.8 Å². The van der Waals surface area contributed by atoms with Crippen LogP contribution in [0.2, 0.25) is 0 Å². The van der Waals surface area contributed by atoms with Gasteiger partial charge in [0.2, 0.25) is 0 Å². The summed E-state index contributed by atoms with van der Waals surface area (Å²) in [6.07, 6.45) is -0.0625. The van der Waals surface area contributed by atoms with Crippen LogP contribution in [0, 0.1) is 0 Å². The molecule has 0 saturated heterocycles. The smallest absolute Gasteiger partial charge is 0.338 e. The Morgan fingerprint density at radius 2 is 1.96 bits per heavy atom. The van der Waals surface area contributed by atoms with E-state index in [1.165, 1.54) is 14.2 Å². The fourth-order valence-corrected chi connectivity index (χ4v) is 2.62. The predicted molar refractivity (Wildman–Crippen MR) is 86.1 cm³/mol. The molecule has 0 aliphatic carbocycles. The van der Waals surface area contributed by atoms with Crippen LogP contribution in [0.25, 0.3) is 0 Å². The Kier molecular flexibility index (Phi) is 4.46. The second kappa shape index (κ2) is 6.70. The fraction of sp³-hybridized carbons (Fsp3) is 0.278. The van der Waals surface area contributed by atoms with Crippen molar-refractivity contribution in [3.8, 4) is 23.0 Å². The summed E-state index contributed by atoms with van der Waals surface area (Å²) in [5.41, 5.74) is 1.00. The number of carbonyl (C=O) groups is 1. The molecule has 0 amide bonds. The van der Waals surface area contributed by atoms with E-state index in [1.54, 1.807) is 36.4 Å². The van der Waals surface area contributed by atoms with Crippen LogP contribution >= 0.6 is 0 Å². The third-order valence-corrected chi connectivity index (χ3v) is 3.86. The number of phenols is 1. The summed E-state index contributed by atoms with van der Waals surface area (Å²) in [6.45, 7) is 0.246. The van der Waals surface area contributed by atoms with E-state index in [0.29, 0.717) is 34.8 Å². The van der Waals surface area contributed by atoms with Crippen molar-refractivity contribution in [1.29, 1.82) is 0 Å². The standard InChI is InChI=1S/C18H18O6/c1-21-16-7-6-11(8-17(16)22-2)18(20)24-12-9-13-14(19)4-3-5-15(13)23-10-12/h3-8,12,19H,9-10H2,1-2H3. The van der Waals surface area contributed by atoms with Gasteiger partial charge in [-0.1, -0.05) is 6.07 Å². The number of benzene rings is 2. The number of carbonyl (C=O) groups excluding carboxylic acids is 1. The molecule has 24 heavy (non-hydrogen) atoms. The highest BCUT2D eigenvalue weighted by Gasteiger charge is 2.26. The third kappa shape index (κ3) is 3.08. The Hall–Kier alpha value is -2.89. The second-order valence-electron chi connectivity index (χ2n) is 5.37. The first kappa shape index (κ1) is 16.0. The van der Waals surface area contributed by atoms with Crippen molar-refractivity contribution in [2.75, 3.05) is 20.8 Å². The molecule has 0 spiro atoms. The predicted octanol–water partition coefficient (Wildman–Crippen LogP) is 2.57. The number of methoxy groups -OCH3 is 2. The number of fused-ring (bicyclic) bond motifs is 1. The van der Waals surface area contributed by atoms with Gasteiger partial charge in [0.1, 0.15) is 24.2 Å². The zero-order chi connectivity index (χ0) is 17.1. The van der Waals surface area contributed by atoms with E-state index in [9.17, 15) is 9.90 Å². The molecule has 0 saturated carbocycles. The number of aromatic hydroxyl groups is 1. The van der Waals surface area contributed by atoms with Crippen molar-refractivity contribution >= 4 is 5.97 Å². The van der Waals surface area contributed by atoms with Gasteiger partial charge in [-0.3, -0.25) is 0 Å². The van der Waals surface area contributed by atoms with Gasteiger partial charge < -0.3 is 24.1 Å². The minimum Gasteiger partial charge on any atom is -0.508 e. The van der Waals surface area contributed by atoms with Crippen molar-refractivity contribution in [1.82, 2.24) is 0 Å². The first-order valence-corrected chi connectivity index (χ1v) is 7.49. The largest absolute Gasteiger partial charge is 0.508 e. The Balaban J connectivity index is 1.73. The van der Waals surface area contributed by atoms with Crippen molar-refractivity contribution in [3.63, 3.8) is 0 Å². The summed E-state index contributed by atoms with van der Waals surface area (Å²) in [4.78, 5) is 12.3. The molecule has 1 atom stereocenters. The number of ether oxygens (including phenoxy) is 4. The maximum atomic E-state index is 12.3. The van der Waals surface area contributed by atoms with E-state index in [4.69, 9.17) is 18.9 Å². The third-order valence-electron chi connectivity index (χ3n) is 3.86. The molecule has 0 radical (unpaired) electrons. The molecular formula is C18H18O6. The van der Waals surface area contributed by atoms with Gasteiger partial charge in [-0.05, 0) is 30.3 Å². The highest BCUT2D eigenvalue weighted by molar-refractivity contribution is 5.90. The number of phenolic OH excluding ortho intramolecular Hbond substituents is 1. The van der Waals surface area contributed by atoms with Crippen LogP contribution in [0.15, 0.2) is 36.4 Å². The molecule has 2 aromatic rings. The van der Waals surface area contributed by atoms with Gasteiger partial charge >= 0.3 is 5.97 Å². The van der Waals surface area contributed by atoms with Crippen LogP contribution in [0.1, 0.15) is 15.9 Å². The van der Waals surface area contributed by atoms with Gasteiger partial charge in [-0.25, -0.2) is 4.79 Å². The van der Waals surface area contributed by atoms with Crippen LogP contribution in [-0.2, 0) is 11.2 Å². The van der Waals surface area contributed by atoms with Crippen LogP contribution in [0.5, 0.6) is 23.0 Å². The minimum atomic E-state index is -0.483. The van der Waals surface area contributed by atoms with E-state index < -0.39 is 12.1 Å². The van der Waals surface area contributed by atoms with Crippen molar-refractivity contribution in [3.05, 3.63) is 47.5 Å². The lowest BCUT2D eigenvalue weighted by Gasteiger charge is -2.25. The first-order chi connectivity index (χ1) is 11.6. The molecule has 0 fully saturated rings. The Morgan fingerprint density at radius 3 is 2.71 bits per heavy atom. The topological polar surface area (TPSA) is 74.2 Å². The fourth-order valence-electron chi connectivity index (χ4n) is 2.62. The Bertz CT molecular complexity index is 755. The average Bonchev–Trinajstić information content (AvgIpc) is 2.61. The summed E-state index contributed by atoms with van der Waals surface area (Å²) in [5.74, 6) is 1.26. The molecule has 3 rings (SSSR count). The lowest BCUT2D eigenvalue weighted by atomic mass is 10.0. The molecule has 1 N–H and O–H groups in total. The highest BCUT2D eigenvalue weighted by atomic mass is 16.6.